The number of benzene rings is 2. The number of carbonyl (C=O) groups is 2. The van der Waals surface area contributed by atoms with Crippen molar-refractivity contribution in [3.8, 4) is 11.8 Å². The average molecular weight is 541 g/mol. The number of amides is 1. The minimum atomic E-state index is -1.14. The second-order valence-electron chi connectivity index (χ2n) is 12.1. The Labute approximate surface area is 234 Å². The van der Waals surface area contributed by atoms with Gasteiger partial charge in [0.1, 0.15) is 11.3 Å². The molecule has 2 saturated carbocycles. The number of likely N-dealkylation sites (tertiary alicyclic amines) is 1. The van der Waals surface area contributed by atoms with E-state index in [4.69, 9.17) is 4.74 Å². The van der Waals surface area contributed by atoms with Crippen LogP contribution in [0, 0.1) is 29.6 Å². The molecule has 1 saturated heterocycles. The van der Waals surface area contributed by atoms with Gasteiger partial charge in [0.15, 0.2) is 0 Å². The molecular weight excluding hydrogens is 504 g/mol. The molecule has 2 aliphatic carbocycles. The molecular formula is C32H36N4O4. The number of aromatic amines is 1. The van der Waals surface area contributed by atoms with Gasteiger partial charge in [0.2, 0.25) is 0 Å². The molecule has 3 N–H and O–H groups in total. The predicted octanol–water partition coefficient (Wildman–Crippen LogP) is 5.48. The Kier molecular flexibility index (Phi) is 6.58. The quantitative estimate of drug-likeness (QED) is 0.365. The molecule has 0 bridgehead atoms. The van der Waals surface area contributed by atoms with Crippen molar-refractivity contribution < 1.29 is 19.4 Å². The number of H-pyrrole nitrogens is 1. The zero-order chi connectivity index (χ0) is 28.1. The number of methoxy groups -OCH3 is 1. The van der Waals surface area contributed by atoms with E-state index in [1.165, 1.54) is 5.39 Å². The summed E-state index contributed by atoms with van der Waals surface area (Å²) in [5, 5.41) is 23.0. The highest BCUT2D eigenvalue weighted by atomic mass is 16.5. The summed E-state index contributed by atoms with van der Waals surface area (Å²) in [6.07, 6.45) is 7.62. The molecule has 1 aromatic heterocycles. The van der Waals surface area contributed by atoms with E-state index in [2.05, 4.69) is 40.3 Å². The standard InChI is InChI=1S/C32H36N4O4/c1-20-14-27(40-2)25(24-8-12-34-28(20)24)19-36-13-11-31(15-21(16-31)18-33)17-26(36)22-4-6-23(7-5-22)29(37)35-32(30(38)39)9-3-10-32/h4-8,12,14,21,26,34H,3,9-11,13,15-17,19H2,1-2H3,(H,35,37)(H,38,39). The molecule has 6 rings (SSSR count). The maximum Gasteiger partial charge on any atom is 0.329 e. The SMILES string of the molecule is COc1cc(C)c2[nH]ccc2c1CN1CCC2(CC(C#N)C2)CC1c1ccc(C(=O)NC2(C(=O)O)CCC2)cc1. The van der Waals surface area contributed by atoms with Crippen molar-refractivity contribution >= 4 is 22.8 Å². The molecule has 40 heavy (non-hydrogen) atoms. The molecule has 1 spiro atoms. The number of aromatic nitrogens is 1. The maximum absolute atomic E-state index is 12.9. The number of ether oxygens (including phenoxy) is 1. The number of aryl methyl sites for hydroxylation is 1. The van der Waals surface area contributed by atoms with E-state index in [-0.39, 0.29) is 23.3 Å². The lowest BCUT2D eigenvalue weighted by atomic mass is 9.56. The van der Waals surface area contributed by atoms with E-state index in [1.54, 1.807) is 7.11 Å². The van der Waals surface area contributed by atoms with Crippen LogP contribution < -0.4 is 10.1 Å². The number of carboxylic acid groups (broad SMARTS) is 1. The monoisotopic (exact) mass is 540 g/mol. The van der Waals surface area contributed by atoms with Gasteiger partial charge in [-0.05, 0) is 99.2 Å². The van der Waals surface area contributed by atoms with Crippen molar-refractivity contribution in [1.29, 1.82) is 5.26 Å². The first kappa shape index (κ1) is 26.4. The Balaban J connectivity index is 1.28. The lowest BCUT2D eigenvalue weighted by Gasteiger charge is -2.53. The van der Waals surface area contributed by atoms with Crippen molar-refractivity contribution in [3.63, 3.8) is 0 Å². The number of nitrogens with one attached hydrogen (secondary N) is 2. The molecule has 8 heteroatoms. The molecule has 3 aromatic rings. The second-order valence-corrected chi connectivity index (χ2v) is 12.1. The highest BCUT2D eigenvalue weighted by molar-refractivity contribution is 5.98. The van der Waals surface area contributed by atoms with Gasteiger partial charge in [0, 0.05) is 46.7 Å². The van der Waals surface area contributed by atoms with Gasteiger partial charge in [-0.25, -0.2) is 4.79 Å². The van der Waals surface area contributed by atoms with E-state index < -0.39 is 11.5 Å². The van der Waals surface area contributed by atoms with Crippen LogP contribution in [0.4, 0.5) is 0 Å². The van der Waals surface area contributed by atoms with Crippen LogP contribution in [0.2, 0.25) is 0 Å². The van der Waals surface area contributed by atoms with Crippen LogP contribution in [0.5, 0.6) is 5.75 Å². The fourth-order valence-corrected chi connectivity index (χ4v) is 7.20. The van der Waals surface area contributed by atoms with Gasteiger partial charge in [0.05, 0.1) is 13.2 Å². The van der Waals surface area contributed by atoms with Crippen molar-refractivity contribution in [2.75, 3.05) is 13.7 Å². The summed E-state index contributed by atoms with van der Waals surface area (Å²) in [5.74, 6) is -0.290. The molecule has 1 aliphatic heterocycles. The first-order valence-electron chi connectivity index (χ1n) is 14.2. The van der Waals surface area contributed by atoms with Crippen molar-refractivity contribution in [3.05, 3.63) is 64.8 Å². The Morgan fingerprint density at radius 3 is 2.55 bits per heavy atom. The topological polar surface area (TPSA) is 118 Å². The molecule has 1 unspecified atom stereocenters. The third-order valence-electron chi connectivity index (χ3n) is 9.76. The third kappa shape index (κ3) is 4.43. The average Bonchev–Trinajstić information content (AvgIpc) is 3.41. The van der Waals surface area contributed by atoms with Crippen LogP contribution in [0.15, 0.2) is 42.6 Å². The van der Waals surface area contributed by atoms with Crippen LogP contribution in [0.3, 0.4) is 0 Å². The Morgan fingerprint density at radius 2 is 1.93 bits per heavy atom. The number of piperidine rings is 1. The van der Waals surface area contributed by atoms with E-state index in [1.807, 2.05) is 30.5 Å². The number of carbonyl (C=O) groups excluding carboxylic acids is 1. The van der Waals surface area contributed by atoms with Gasteiger partial charge in [-0.1, -0.05) is 12.1 Å². The summed E-state index contributed by atoms with van der Waals surface area (Å²) in [6, 6.07) is 14.4. The lowest BCUT2D eigenvalue weighted by Crippen LogP contribution is -2.59. The summed E-state index contributed by atoms with van der Waals surface area (Å²) in [5.41, 5.74) is 4.06. The molecule has 3 aliphatic rings. The number of carboxylic acids is 1. The fourth-order valence-electron chi connectivity index (χ4n) is 7.20. The highest BCUT2D eigenvalue weighted by Gasteiger charge is 2.49. The summed E-state index contributed by atoms with van der Waals surface area (Å²) in [7, 11) is 1.72. The molecule has 3 fully saturated rings. The largest absolute Gasteiger partial charge is 0.496 e. The minimum Gasteiger partial charge on any atom is -0.496 e. The summed E-state index contributed by atoms with van der Waals surface area (Å²) in [6.45, 7) is 3.72. The summed E-state index contributed by atoms with van der Waals surface area (Å²) < 4.78 is 5.84. The number of fused-ring (bicyclic) bond motifs is 1. The van der Waals surface area contributed by atoms with E-state index >= 15 is 0 Å². The van der Waals surface area contributed by atoms with Crippen molar-refractivity contribution in [2.24, 2.45) is 11.3 Å². The van der Waals surface area contributed by atoms with Crippen molar-refractivity contribution in [2.45, 2.75) is 70.0 Å². The lowest BCUT2D eigenvalue weighted by molar-refractivity contribution is -0.148. The third-order valence-corrected chi connectivity index (χ3v) is 9.76. The number of hydrogen-bond acceptors (Lipinski definition) is 5. The predicted molar refractivity (Wildman–Crippen MR) is 151 cm³/mol. The zero-order valence-corrected chi connectivity index (χ0v) is 23.1. The van der Waals surface area contributed by atoms with Gasteiger partial charge in [-0.2, -0.15) is 5.26 Å². The Bertz CT molecular complexity index is 1490. The molecule has 2 aromatic carbocycles. The molecule has 208 valence electrons. The van der Waals surface area contributed by atoms with Gasteiger partial charge in [0.25, 0.3) is 5.91 Å². The molecule has 1 amide bonds. The van der Waals surface area contributed by atoms with E-state index in [9.17, 15) is 20.0 Å². The van der Waals surface area contributed by atoms with Crippen LogP contribution in [0.1, 0.15) is 78.0 Å². The number of aliphatic carboxylic acids is 1. The summed E-state index contributed by atoms with van der Waals surface area (Å²) in [4.78, 5) is 30.6. The van der Waals surface area contributed by atoms with Crippen LogP contribution >= 0.6 is 0 Å². The number of nitriles is 1. The van der Waals surface area contributed by atoms with Gasteiger partial charge in [-0.3, -0.25) is 9.69 Å². The molecule has 0 radical (unpaired) electrons. The normalized spacial score (nSPS) is 25.5. The van der Waals surface area contributed by atoms with Gasteiger partial charge < -0.3 is 20.1 Å². The van der Waals surface area contributed by atoms with Crippen LogP contribution in [-0.2, 0) is 11.3 Å². The number of rotatable bonds is 7. The Morgan fingerprint density at radius 1 is 1.18 bits per heavy atom. The first-order chi connectivity index (χ1) is 19.3. The first-order valence-corrected chi connectivity index (χ1v) is 14.2. The maximum atomic E-state index is 12.9. The summed E-state index contributed by atoms with van der Waals surface area (Å²) >= 11 is 0. The van der Waals surface area contributed by atoms with Crippen LogP contribution in [0.25, 0.3) is 10.9 Å². The molecule has 2 heterocycles. The smallest absolute Gasteiger partial charge is 0.329 e. The van der Waals surface area contributed by atoms with E-state index in [0.29, 0.717) is 18.4 Å². The minimum absolute atomic E-state index is 0.127. The molecule has 1 atom stereocenters. The van der Waals surface area contributed by atoms with Crippen LogP contribution in [-0.4, -0.2) is 46.1 Å². The number of hydrogen-bond donors (Lipinski definition) is 3. The van der Waals surface area contributed by atoms with E-state index in [0.717, 1.165) is 73.2 Å². The zero-order valence-electron chi connectivity index (χ0n) is 23.1. The Hall–Kier alpha value is -3.83. The molecule has 8 nitrogen and oxygen atoms in total. The fraction of sp³-hybridized carbons (Fsp3) is 0.469. The van der Waals surface area contributed by atoms with Crippen molar-refractivity contribution in [1.82, 2.24) is 15.2 Å². The highest BCUT2D eigenvalue weighted by Crippen LogP contribution is 2.57. The second kappa shape index (κ2) is 9.97. The number of nitrogens with zero attached hydrogens (tertiary/aromatic N) is 2. The van der Waals surface area contributed by atoms with Gasteiger partial charge >= 0.3 is 5.97 Å². The van der Waals surface area contributed by atoms with Gasteiger partial charge in [-0.15, -0.1) is 0 Å².